The van der Waals surface area contributed by atoms with Crippen LogP contribution in [0.25, 0.3) is 0 Å². The van der Waals surface area contributed by atoms with Crippen LogP contribution in [0.3, 0.4) is 0 Å². The predicted molar refractivity (Wildman–Crippen MR) is 84.5 cm³/mol. The van der Waals surface area contributed by atoms with E-state index in [1.54, 1.807) is 49.3 Å². The smallest absolute Gasteiger partial charge is 0.255 e. The van der Waals surface area contributed by atoms with Gasteiger partial charge >= 0.3 is 0 Å². The van der Waals surface area contributed by atoms with E-state index in [9.17, 15) is 9.59 Å². The molecule has 1 amide bonds. The van der Waals surface area contributed by atoms with Crippen LogP contribution in [0.1, 0.15) is 15.9 Å². The van der Waals surface area contributed by atoms with Gasteiger partial charge in [-0.15, -0.1) is 0 Å². The lowest BCUT2D eigenvalue weighted by Gasteiger charge is -2.08. The minimum atomic E-state index is -0.330. The topological polar surface area (TPSA) is 60.3 Å². The molecule has 1 aromatic heterocycles. The molecule has 0 saturated heterocycles. The maximum absolute atomic E-state index is 12.2. The number of carbonyl (C=O) groups is 1. The molecule has 0 radical (unpaired) electrons. The average molecular weight is 351 g/mol. The van der Waals surface area contributed by atoms with E-state index in [0.29, 0.717) is 16.6 Å². The highest BCUT2D eigenvalue weighted by molar-refractivity contribution is 9.10. The zero-order valence-electron chi connectivity index (χ0n) is 11.7. The summed E-state index contributed by atoms with van der Waals surface area (Å²) in [4.78, 5) is 24.2. The molecular weight excluding hydrogens is 336 g/mol. The van der Waals surface area contributed by atoms with Crippen LogP contribution >= 0.6 is 15.9 Å². The van der Waals surface area contributed by atoms with Crippen LogP contribution in [0.5, 0.6) is 0 Å². The molecule has 110 valence electrons. The van der Waals surface area contributed by atoms with Gasteiger partial charge in [0.25, 0.3) is 5.91 Å². The van der Waals surface area contributed by atoms with Gasteiger partial charge in [0.05, 0.1) is 11.1 Å². The van der Waals surface area contributed by atoms with Crippen molar-refractivity contribution in [1.29, 1.82) is 0 Å². The second-order valence-corrected chi connectivity index (χ2v) is 5.46. The number of aromatic nitrogens is 1. The number of methoxy groups -OCH3 is 1. The van der Waals surface area contributed by atoms with Crippen LogP contribution in [0.2, 0.25) is 0 Å². The van der Waals surface area contributed by atoms with Gasteiger partial charge in [-0.1, -0.05) is 12.1 Å². The Morgan fingerprint density at radius 2 is 2.14 bits per heavy atom. The molecule has 1 aromatic carbocycles. The third-order valence-electron chi connectivity index (χ3n) is 2.86. The molecule has 6 heteroatoms. The number of hydrogen-bond donors (Lipinski definition) is 1. The molecule has 1 heterocycles. The molecule has 0 bridgehead atoms. The fourth-order valence-corrected chi connectivity index (χ4v) is 2.45. The lowest BCUT2D eigenvalue weighted by atomic mass is 10.1. The van der Waals surface area contributed by atoms with Gasteiger partial charge in [-0.3, -0.25) is 9.59 Å². The van der Waals surface area contributed by atoms with Crippen LogP contribution in [-0.4, -0.2) is 17.6 Å². The molecule has 2 rings (SSSR count). The maximum Gasteiger partial charge on any atom is 0.255 e. The first-order valence-corrected chi connectivity index (χ1v) is 7.05. The standard InChI is InChI=1S/C15H15BrN2O3/c1-18-7-12(16)14(19)13(8-18)17-15(20)11-5-3-4-10(6-11)9-21-2/h3-8H,9H2,1-2H3,(H,17,20). The zero-order valence-corrected chi connectivity index (χ0v) is 13.3. The highest BCUT2D eigenvalue weighted by Crippen LogP contribution is 2.11. The van der Waals surface area contributed by atoms with Crippen molar-refractivity contribution < 1.29 is 9.53 Å². The zero-order chi connectivity index (χ0) is 15.4. The van der Waals surface area contributed by atoms with Crippen molar-refractivity contribution in [2.75, 3.05) is 12.4 Å². The molecule has 0 aliphatic heterocycles. The molecule has 0 aliphatic rings. The van der Waals surface area contributed by atoms with Crippen molar-refractivity contribution >= 4 is 27.5 Å². The number of halogens is 1. The third-order valence-corrected chi connectivity index (χ3v) is 3.42. The predicted octanol–water partition coefficient (Wildman–Crippen LogP) is 2.55. The summed E-state index contributed by atoms with van der Waals surface area (Å²) in [5, 5.41) is 2.63. The lowest BCUT2D eigenvalue weighted by molar-refractivity contribution is 0.102. The van der Waals surface area contributed by atoms with Crippen LogP contribution in [0, 0.1) is 0 Å². The fraction of sp³-hybridized carbons (Fsp3) is 0.200. The molecule has 1 N–H and O–H groups in total. The summed E-state index contributed by atoms with van der Waals surface area (Å²) >= 11 is 3.17. The van der Waals surface area contributed by atoms with E-state index < -0.39 is 0 Å². The maximum atomic E-state index is 12.2. The largest absolute Gasteiger partial charge is 0.380 e. The Morgan fingerprint density at radius 3 is 2.86 bits per heavy atom. The highest BCUT2D eigenvalue weighted by Gasteiger charge is 2.11. The summed E-state index contributed by atoms with van der Waals surface area (Å²) in [6.45, 7) is 0.430. The van der Waals surface area contributed by atoms with Crippen LogP contribution in [-0.2, 0) is 18.4 Å². The van der Waals surface area contributed by atoms with Crippen molar-refractivity contribution in [3.63, 3.8) is 0 Å². The number of nitrogens with zero attached hydrogens (tertiary/aromatic N) is 1. The van der Waals surface area contributed by atoms with Gasteiger partial charge in [0, 0.05) is 32.1 Å². The monoisotopic (exact) mass is 350 g/mol. The first-order valence-electron chi connectivity index (χ1n) is 6.26. The van der Waals surface area contributed by atoms with Gasteiger partial charge in [-0.05, 0) is 33.6 Å². The summed E-state index contributed by atoms with van der Waals surface area (Å²) in [6, 6.07) is 7.08. The van der Waals surface area contributed by atoms with Gasteiger partial charge in [-0.2, -0.15) is 0 Å². The van der Waals surface area contributed by atoms with E-state index >= 15 is 0 Å². The molecule has 5 nitrogen and oxygen atoms in total. The Bertz CT molecular complexity index is 725. The Hall–Kier alpha value is -1.92. The lowest BCUT2D eigenvalue weighted by Crippen LogP contribution is -2.20. The van der Waals surface area contributed by atoms with Gasteiger partial charge < -0.3 is 14.6 Å². The summed E-state index contributed by atoms with van der Waals surface area (Å²) in [5.41, 5.74) is 1.35. The van der Waals surface area contributed by atoms with E-state index in [4.69, 9.17) is 4.74 Å². The number of amides is 1. The average Bonchev–Trinajstić information content (AvgIpc) is 2.45. The number of benzene rings is 1. The number of anilines is 1. The molecule has 0 saturated carbocycles. The van der Waals surface area contributed by atoms with Crippen molar-refractivity contribution in [1.82, 2.24) is 4.57 Å². The Labute approximate surface area is 130 Å². The molecule has 2 aromatic rings. The highest BCUT2D eigenvalue weighted by atomic mass is 79.9. The first kappa shape index (κ1) is 15.5. The number of aryl methyl sites for hydroxylation is 1. The number of ether oxygens (including phenoxy) is 1. The SMILES string of the molecule is COCc1cccc(C(=O)Nc2cn(C)cc(Br)c2=O)c1. The molecule has 21 heavy (non-hydrogen) atoms. The normalized spacial score (nSPS) is 10.4. The Balaban J connectivity index is 2.26. The van der Waals surface area contributed by atoms with Gasteiger partial charge in [0.2, 0.25) is 5.43 Å². The van der Waals surface area contributed by atoms with E-state index in [-0.39, 0.29) is 17.0 Å². The van der Waals surface area contributed by atoms with Crippen LogP contribution in [0.4, 0.5) is 5.69 Å². The number of hydrogen-bond acceptors (Lipinski definition) is 3. The molecule has 0 unspecified atom stereocenters. The van der Waals surface area contributed by atoms with Crippen molar-refractivity contribution in [3.05, 3.63) is 62.5 Å². The summed E-state index contributed by atoms with van der Waals surface area (Å²) in [6.07, 6.45) is 3.21. The first-order chi connectivity index (χ1) is 10.0. The van der Waals surface area contributed by atoms with Gasteiger partial charge in [0.1, 0.15) is 5.69 Å². The molecule has 0 aliphatic carbocycles. The quantitative estimate of drug-likeness (QED) is 0.921. The number of pyridine rings is 1. The Morgan fingerprint density at radius 1 is 1.38 bits per heavy atom. The van der Waals surface area contributed by atoms with Crippen molar-refractivity contribution in [2.24, 2.45) is 7.05 Å². The molecule has 0 atom stereocenters. The summed E-state index contributed by atoms with van der Waals surface area (Å²) < 4.78 is 7.14. The third kappa shape index (κ3) is 3.80. The second-order valence-electron chi connectivity index (χ2n) is 4.60. The number of nitrogens with one attached hydrogen (secondary N) is 1. The number of carbonyl (C=O) groups excluding carboxylic acids is 1. The summed E-state index contributed by atoms with van der Waals surface area (Å²) in [7, 11) is 3.37. The van der Waals surface area contributed by atoms with Crippen LogP contribution in [0.15, 0.2) is 45.9 Å². The van der Waals surface area contributed by atoms with E-state index in [1.807, 2.05) is 6.07 Å². The number of rotatable bonds is 4. The van der Waals surface area contributed by atoms with E-state index in [0.717, 1.165) is 5.56 Å². The van der Waals surface area contributed by atoms with Gasteiger partial charge in [-0.25, -0.2) is 0 Å². The van der Waals surface area contributed by atoms with E-state index in [1.165, 1.54) is 0 Å². The summed E-state index contributed by atoms with van der Waals surface area (Å²) in [5.74, 6) is -0.330. The van der Waals surface area contributed by atoms with Crippen molar-refractivity contribution in [3.8, 4) is 0 Å². The van der Waals surface area contributed by atoms with Crippen molar-refractivity contribution in [2.45, 2.75) is 6.61 Å². The molecule has 0 spiro atoms. The molecular formula is C15H15BrN2O3. The second kappa shape index (κ2) is 6.69. The minimum Gasteiger partial charge on any atom is -0.380 e. The fourth-order valence-electron chi connectivity index (χ4n) is 1.92. The van der Waals surface area contributed by atoms with Gasteiger partial charge in [0.15, 0.2) is 0 Å². The van der Waals surface area contributed by atoms with E-state index in [2.05, 4.69) is 21.2 Å². The minimum absolute atomic E-state index is 0.231. The molecule has 0 fully saturated rings. The Kier molecular flexibility index (Phi) is 4.93. The van der Waals surface area contributed by atoms with Crippen LogP contribution < -0.4 is 10.7 Å².